The van der Waals surface area contributed by atoms with E-state index in [0.717, 1.165) is 5.69 Å². The summed E-state index contributed by atoms with van der Waals surface area (Å²) < 4.78 is 19.9. The molecule has 1 aliphatic heterocycles. The molecule has 8 heteroatoms. The summed E-state index contributed by atoms with van der Waals surface area (Å²) in [5.41, 5.74) is 2.29. The van der Waals surface area contributed by atoms with Crippen LogP contribution in [0, 0.1) is 5.82 Å². The Morgan fingerprint density at radius 1 is 1.20 bits per heavy atom. The highest BCUT2D eigenvalue weighted by Gasteiger charge is 2.25. The summed E-state index contributed by atoms with van der Waals surface area (Å²) in [4.78, 5) is 27.3. The molecule has 1 atom stereocenters. The number of hydrogen-bond donors (Lipinski definition) is 1. The first-order valence-corrected chi connectivity index (χ1v) is 9.76. The smallest absolute Gasteiger partial charge is 0.234 e. The van der Waals surface area contributed by atoms with Crippen molar-refractivity contribution in [2.24, 2.45) is 0 Å². The lowest BCUT2D eigenvalue weighted by molar-refractivity contribution is -0.124. The molecule has 0 aliphatic carbocycles. The minimum absolute atomic E-state index is 0.0764. The molecule has 0 spiro atoms. The third kappa shape index (κ3) is 5.03. The van der Waals surface area contributed by atoms with Gasteiger partial charge >= 0.3 is 0 Å². The molecule has 1 amide bonds. The van der Waals surface area contributed by atoms with Crippen LogP contribution in [0.2, 0.25) is 0 Å². The van der Waals surface area contributed by atoms with Crippen LogP contribution in [0.3, 0.4) is 0 Å². The second-order valence-corrected chi connectivity index (χ2v) is 7.00. The second-order valence-electron chi connectivity index (χ2n) is 7.00. The number of nitrogens with zero attached hydrogens (tertiary/aromatic N) is 4. The molecule has 0 radical (unpaired) electrons. The van der Waals surface area contributed by atoms with E-state index >= 15 is 0 Å². The fourth-order valence-electron chi connectivity index (χ4n) is 3.31. The molecule has 0 bridgehead atoms. The number of pyridine rings is 1. The minimum Gasteiger partial charge on any atom is -0.369 e. The van der Waals surface area contributed by atoms with Gasteiger partial charge in [0.1, 0.15) is 11.9 Å². The predicted molar refractivity (Wildman–Crippen MR) is 109 cm³/mol. The van der Waals surface area contributed by atoms with Crippen LogP contribution in [-0.4, -0.2) is 52.0 Å². The second kappa shape index (κ2) is 9.51. The Kier molecular flexibility index (Phi) is 6.36. The maximum absolute atomic E-state index is 14.1. The standard InChI is InChI=1S/C22H22FN5O2/c23-18-7-2-1-6-17(18)19-12-24-13-20(27-19)21-14-28(9-10-30-21)15-22(29)26-11-16-5-3-4-8-25-16/h1-8,12-13,21H,9-11,14-15H2,(H,26,29). The van der Waals surface area contributed by atoms with Gasteiger partial charge in [0.2, 0.25) is 5.91 Å². The van der Waals surface area contributed by atoms with Gasteiger partial charge in [-0.1, -0.05) is 18.2 Å². The van der Waals surface area contributed by atoms with E-state index in [2.05, 4.69) is 20.3 Å². The van der Waals surface area contributed by atoms with Crippen molar-refractivity contribution in [3.8, 4) is 11.3 Å². The van der Waals surface area contributed by atoms with Crippen molar-refractivity contribution in [3.05, 3.63) is 78.3 Å². The molecule has 1 saturated heterocycles. The fraction of sp³-hybridized carbons (Fsp3) is 0.273. The molecule has 154 valence electrons. The van der Waals surface area contributed by atoms with Crippen LogP contribution in [0.25, 0.3) is 11.3 Å². The van der Waals surface area contributed by atoms with E-state index in [1.165, 1.54) is 12.3 Å². The van der Waals surface area contributed by atoms with E-state index in [0.29, 0.717) is 43.2 Å². The molecule has 1 aromatic carbocycles. The van der Waals surface area contributed by atoms with Crippen LogP contribution in [0.5, 0.6) is 0 Å². The number of nitrogens with one attached hydrogen (secondary N) is 1. The largest absolute Gasteiger partial charge is 0.369 e. The quantitative estimate of drug-likeness (QED) is 0.676. The first-order valence-electron chi connectivity index (χ1n) is 9.76. The number of morpholine rings is 1. The van der Waals surface area contributed by atoms with Crippen molar-refractivity contribution in [3.63, 3.8) is 0 Å². The lowest BCUT2D eigenvalue weighted by Gasteiger charge is -2.32. The van der Waals surface area contributed by atoms with Gasteiger partial charge in [0.05, 0.1) is 49.2 Å². The van der Waals surface area contributed by atoms with Gasteiger partial charge in [-0.05, 0) is 24.3 Å². The van der Waals surface area contributed by atoms with Crippen molar-refractivity contribution < 1.29 is 13.9 Å². The van der Waals surface area contributed by atoms with E-state index < -0.39 is 0 Å². The van der Waals surface area contributed by atoms with E-state index in [1.54, 1.807) is 30.6 Å². The molecule has 1 fully saturated rings. The van der Waals surface area contributed by atoms with Gasteiger partial charge in [-0.3, -0.25) is 19.7 Å². The monoisotopic (exact) mass is 407 g/mol. The zero-order valence-electron chi connectivity index (χ0n) is 16.4. The molecule has 1 aliphatic rings. The average Bonchev–Trinajstić information content (AvgIpc) is 2.79. The number of halogens is 1. The van der Waals surface area contributed by atoms with Gasteiger partial charge in [-0.25, -0.2) is 9.37 Å². The summed E-state index contributed by atoms with van der Waals surface area (Å²) >= 11 is 0. The maximum atomic E-state index is 14.1. The molecule has 30 heavy (non-hydrogen) atoms. The van der Waals surface area contributed by atoms with Gasteiger partial charge in [0, 0.05) is 24.8 Å². The zero-order chi connectivity index (χ0) is 20.8. The summed E-state index contributed by atoms with van der Waals surface area (Å²) in [6, 6.07) is 12.1. The summed E-state index contributed by atoms with van der Waals surface area (Å²) in [6.07, 6.45) is 4.53. The molecule has 3 heterocycles. The Balaban J connectivity index is 1.37. The third-order valence-corrected chi connectivity index (χ3v) is 4.84. The van der Waals surface area contributed by atoms with Gasteiger partial charge in [-0.15, -0.1) is 0 Å². The molecular formula is C22H22FN5O2. The summed E-state index contributed by atoms with van der Waals surface area (Å²) in [5, 5.41) is 2.88. The molecule has 2 aromatic heterocycles. The number of carbonyl (C=O) groups is 1. The number of rotatable bonds is 6. The Labute approximate surface area is 174 Å². The summed E-state index contributed by atoms with van der Waals surface area (Å²) in [6.45, 7) is 2.28. The normalized spacial score (nSPS) is 16.9. The zero-order valence-corrected chi connectivity index (χ0v) is 16.4. The van der Waals surface area contributed by atoms with E-state index in [9.17, 15) is 9.18 Å². The van der Waals surface area contributed by atoms with Crippen LogP contribution in [0.4, 0.5) is 4.39 Å². The lowest BCUT2D eigenvalue weighted by atomic mass is 10.1. The summed E-state index contributed by atoms with van der Waals surface area (Å²) in [7, 11) is 0. The predicted octanol–water partition coefficient (Wildman–Crippen LogP) is 2.37. The first-order chi connectivity index (χ1) is 14.7. The Morgan fingerprint density at radius 3 is 2.90 bits per heavy atom. The number of ether oxygens (including phenoxy) is 1. The Bertz CT molecular complexity index is 1000. The van der Waals surface area contributed by atoms with Crippen molar-refractivity contribution in [2.45, 2.75) is 12.6 Å². The van der Waals surface area contributed by atoms with Crippen LogP contribution < -0.4 is 5.32 Å². The number of benzene rings is 1. The Hall–Kier alpha value is -3.23. The van der Waals surface area contributed by atoms with Gasteiger partial charge in [0.15, 0.2) is 0 Å². The minimum atomic E-state index is -0.347. The average molecular weight is 407 g/mol. The Morgan fingerprint density at radius 2 is 2.07 bits per heavy atom. The first kappa shape index (κ1) is 20.1. The molecule has 3 aromatic rings. The summed E-state index contributed by atoms with van der Waals surface area (Å²) in [5.74, 6) is -0.424. The maximum Gasteiger partial charge on any atom is 0.234 e. The van der Waals surface area contributed by atoms with Gasteiger partial charge < -0.3 is 10.1 Å². The highest BCUT2D eigenvalue weighted by atomic mass is 19.1. The van der Waals surface area contributed by atoms with Crippen molar-refractivity contribution in [2.75, 3.05) is 26.2 Å². The molecule has 0 saturated carbocycles. The highest BCUT2D eigenvalue weighted by molar-refractivity contribution is 5.78. The van der Waals surface area contributed by atoms with E-state index in [4.69, 9.17) is 4.74 Å². The fourth-order valence-corrected chi connectivity index (χ4v) is 3.31. The van der Waals surface area contributed by atoms with Crippen molar-refractivity contribution >= 4 is 5.91 Å². The molecule has 1 unspecified atom stereocenters. The van der Waals surface area contributed by atoms with Gasteiger partial charge in [-0.2, -0.15) is 0 Å². The van der Waals surface area contributed by atoms with E-state index in [1.807, 2.05) is 23.1 Å². The molecule has 1 N–H and O–H groups in total. The number of aromatic nitrogens is 3. The molecule has 4 rings (SSSR count). The number of carbonyl (C=O) groups excluding carboxylic acids is 1. The topological polar surface area (TPSA) is 80.2 Å². The highest BCUT2D eigenvalue weighted by Crippen LogP contribution is 2.24. The van der Waals surface area contributed by atoms with Crippen molar-refractivity contribution in [1.82, 2.24) is 25.2 Å². The van der Waals surface area contributed by atoms with Crippen molar-refractivity contribution in [1.29, 1.82) is 0 Å². The van der Waals surface area contributed by atoms with Crippen LogP contribution in [0.1, 0.15) is 17.5 Å². The van der Waals surface area contributed by atoms with Gasteiger partial charge in [0.25, 0.3) is 0 Å². The SMILES string of the molecule is O=C(CN1CCOC(c2cncc(-c3ccccc3F)n2)C1)NCc1ccccn1. The molecule has 7 nitrogen and oxygen atoms in total. The van der Waals surface area contributed by atoms with Crippen LogP contribution in [0.15, 0.2) is 61.1 Å². The molecular weight excluding hydrogens is 385 g/mol. The van der Waals surface area contributed by atoms with Crippen LogP contribution in [-0.2, 0) is 16.1 Å². The number of hydrogen-bond acceptors (Lipinski definition) is 6. The van der Waals surface area contributed by atoms with E-state index in [-0.39, 0.29) is 24.4 Å². The van der Waals surface area contributed by atoms with Crippen LogP contribution >= 0.6 is 0 Å². The third-order valence-electron chi connectivity index (χ3n) is 4.84. The number of amides is 1. The lowest BCUT2D eigenvalue weighted by Crippen LogP contribution is -2.44.